The van der Waals surface area contributed by atoms with E-state index in [4.69, 9.17) is 0 Å². The van der Waals surface area contributed by atoms with E-state index < -0.39 is 7.25 Å². The van der Waals surface area contributed by atoms with Gasteiger partial charge >= 0.3 is 7.25 Å². The Morgan fingerprint density at radius 1 is 0.692 bits per heavy atom. The van der Waals surface area contributed by atoms with E-state index in [9.17, 15) is 26.4 Å². The minimum Gasteiger partial charge on any atom is -0.418 e. The first-order valence-corrected chi connectivity index (χ1v) is 12.0. The molecule has 1 aliphatic heterocycles. The van der Waals surface area contributed by atoms with Crippen molar-refractivity contribution in [2.24, 2.45) is 0 Å². The largest absolute Gasteiger partial charge is 0.673 e. The number of hydrogen-bond donors (Lipinski definition) is 1. The Bertz CT molecular complexity index is 1440. The van der Waals surface area contributed by atoms with E-state index in [1.807, 2.05) is 71.7 Å². The van der Waals surface area contributed by atoms with Gasteiger partial charge in [0.25, 0.3) is 5.91 Å². The number of hydrazine groups is 1. The van der Waals surface area contributed by atoms with Gasteiger partial charge in [-0.1, -0.05) is 91.0 Å². The predicted octanol–water partition coefficient (Wildman–Crippen LogP) is 7.95. The van der Waals surface area contributed by atoms with Gasteiger partial charge in [0.1, 0.15) is 5.82 Å². The maximum atomic E-state index is 13.4. The summed E-state index contributed by atoms with van der Waals surface area (Å²) in [5, 5.41) is 1.89. The molecule has 1 heterocycles. The molecule has 1 N–H and O–H groups in total. The summed E-state index contributed by atoms with van der Waals surface area (Å²) < 4.78 is 52.4. The molecule has 3 nitrogen and oxygen atoms in total. The van der Waals surface area contributed by atoms with Gasteiger partial charge in [0.15, 0.2) is 0 Å². The monoisotopic (exact) mass is 533 g/mol. The summed E-state index contributed by atoms with van der Waals surface area (Å²) in [6.45, 7) is 0. The Morgan fingerprint density at radius 3 is 1.72 bits per heavy atom. The maximum Gasteiger partial charge on any atom is 0.673 e. The van der Waals surface area contributed by atoms with Gasteiger partial charge in [-0.3, -0.25) is 15.2 Å². The van der Waals surface area contributed by atoms with Gasteiger partial charge in [-0.15, -0.1) is 0 Å². The lowest BCUT2D eigenvalue weighted by Crippen LogP contribution is -2.44. The number of carbonyl (C=O) groups is 1. The second-order valence-electron chi connectivity index (χ2n) is 8.55. The highest BCUT2D eigenvalue weighted by atomic mass is 19.5. The van der Waals surface area contributed by atoms with Crippen LogP contribution in [0.25, 0.3) is 11.3 Å². The highest BCUT2D eigenvalue weighted by Crippen LogP contribution is 2.38. The zero-order valence-electron chi connectivity index (χ0n) is 20.5. The minimum atomic E-state index is -6.00. The topological polar surface area (TPSA) is 32.3 Å². The molecule has 0 bridgehead atoms. The smallest absolute Gasteiger partial charge is 0.418 e. The van der Waals surface area contributed by atoms with Gasteiger partial charge in [0.2, 0.25) is 0 Å². The molecule has 0 radical (unpaired) electrons. The number of rotatable bonds is 5. The maximum absolute atomic E-state index is 13.4. The predicted molar refractivity (Wildman–Crippen MR) is 144 cm³/mol. The van der Waals surface area contributed by atoms with Crippen molar-refractivity contribution in [1.29, 1.82) is 0 Å². The Balaban J connectivity index is 0.000000648. The third-order valence-electron chi connectivity index (χ3n) is 5.81. The molecule has 0 saturated heterocycles. The van der Waals surface area contributed by atoms with Gasteiger partial charge in [-0.25, -0.2) is 4.39 Å². The van der Waals surface area contributed by atoms with Crippen LogP contribution in [-0.4, -0.2) is 18.2 Å². The van der Waals surface area contributed by atoms with Crippen molar-refractivity contribution >= 4 is 24.4 Å². The molecule has 4 aromatic carbocycles. The number of carbonyl (C=O) groups excluding carboxylic acids is 1. The number of amides is 1. The van der Waals surface area contributed by atoms with Gasteiger partial charge in [0.05, 0.1) is 11.7 Å². The Kier molecular flexibility index (Phi) is 8.61. The summed E-state index contributed by atoms with van der Waals surface area (Å²) >= 11 is 0. The van der Waals surface area contributed by atoms with Crippen molar-refractivity contribution in [1.82, 2.24) is 10.4 Å². The second kappa shape index (κ2) is 12.3. The second-order valence-corrected chi connectivity index (χ2v) is 8.55. The van der Waals surface area contributed by atoms with Gasteiger partial charge in [-0.2, -0.15) is 0 Å². The molecule has 0 fully saturated rings. The van der Waals surface area contributed by atoms with E-state index in [0.29, 0.717) is 5.56 Å². The number of hydrogen-bond acceptors (Lipinski definition) is 2. The highest BCUT2D eigenvalue weighted by Gasteiger charge is 2.28. The van der Waals surface area contributed by atoms with Crippen LogP contribution in [0, 0.1) is 5.82 Å². The molecular weight excluding hydrogens is 510 g/mol. The molecule has 9 heteroatoms. The Morgan fingerprint density at radius 2 is 1.18 bits per heavy atom. The summed E-state index contributed by atoms with van der Waals surface area (Å²) in [7, 11) is -6.00. The molecule has 1 aliphatic rings. The molecule has 0 saturated carbocycles. The fourth-order valence-corrected chi connectivity index (χ4v) is 4.10. The Labute approximate surface area is 223 Å². The van der Waals surface area contributed by atoms with Gasteiger partial charge in [-0.05, 0) is 58.7 Å². The fourth-order valence-electron chi connectivity index (χ4n) is 4.10. The van der Waals surface area contributed by atoms with Crippen molar-refractivity contribution in [2.45, 2.75) is 6.04 Å². The van der Waals surface area contributed by atoms with Crippen molar-refractivity contribution < 1.29 is 26.4 Å². The third kappa shape index (κ3) is 7.67. The average Bonchev–Trinajstić information content (AvgIpc) is 2.94. The summed E-state index contributed by atoms with van der Waals surface area (Å²) in [6.07, 6.45) is 4.25. The SMILES string of the molecule is F[B-](F)(F)F.O=C(NN1C(c2ccccc2)=CC(c2ccccc2)=CC1c1ccccc1)c1ccc(F)cc1. The van der Waals surface area contributed by atoms with E-state index in [0.717, 1.165) is 28.0 Å². The van der Waals surface area contributed by atoms with Gasteiger partial charge < -0.3 is 17.3 Å². The summed E-state index contributed by atoms with van der Waals surface area (Å²) in [5.41, 5.74) is 8.52. The molecule has 0 spiro atoms. The Hall–Kier alpha value is -4.66. The standard InChI is InChI=1S/C30H23FN2O.BF4/c31-27-18-16-25(17-19-27)30(34)32-33-28(23-12-6-2-7-13-23)20-26(22-10-4-1-5-11-22)21-29(33)24-14-8-3-9-15-24;2-1(3,4)5/h1-21,28H,(H,32,34);/q;-1. The number of nitrogens with zero attached hydrogens (tertiary/aromatic N) is 1. The van der Waals surface area contributed by atoms with E-state index >= 15 is 0 Å². The number of nitrogens with one attached hydrogen (secondary N) is 1. The van der Waals surface area contributed by atoms with Crippen LogP contribution in [0.4, 0.5) is 21.7 Å². The molecule has 0 aliphatic carbocycles. The molecule has 1 atom stereocenters. The zero-order chi connectivity index (χ0) is 27.8. The first-order valence-electron chi connectivity index (χ1n) is 12.0. The van der Waals surface area contributed by atoms with E-state index in [2.05, 4.69) is 41.8 Å². The molecule has 1 amide bonds. The van der Waals surface area contributed by atoms with Crippen molar-refractivity contribution in [2.75, 3.05) is 0 Å². The molecule has 198 valence electrons. The van der Waals surface area contributed by atoms with Crippen LogP contribution in [0.1, 0.15) is 33.1 Å². The lowest BCUT2D eigenvalue weighted by molar-refractivity contribution is 0.0837. The molecule has 1 unspecified atom stereocenters. The van der Waals surface area contributed by atoms with Crippen LogP contribution >= 0.6 is 0 Å². The molecule has 5 rings (SSSR count). The van der Waals surface area contributed by atoms with Crippen LogP contribution in [0.15, 0.2) is 127 Å². The van der Waals surface area contributed by atoms with Gasteiger partial charge in [0, 0.05) is 5.56 Å². The van der Waals surface area contributed by atoms with E-state index in [1.54, 1.807) is 0 Å². The lowest BCUT2D eigenvalue weighted by atomic mass is 9.92. The fraction of sp³-hybridized carbons (Fsp3) is 0.0333. The van der Waals surface area contributed by atoms with Crippen LogP contribution in [0.3, 0.4) is 0 Å². The average molecular weight is 533 g/mol. The highest BCUT2D eigenvalue weighted by molar-refractivity contribution is 6.50. The number of halogens is 5. The number of allylic oxidation sites excluding steroid dienone is 2. The third-order valence-corrected chi connectivity index (χ3v) is 5.81. The molecule has 0 aromatic heterocycles. The molecule has 39 heavy (non-hydrogen) atoms. The molecular formula is C30H23BF5N2O-. The van der Waals surface area contributed by atoms with Crippen LogP contribution < -0.4 is 5.43 Å². The van der Waals surface area contributed by atoms with Crippen molar-refractivity contribution in [3.8, 4) is 0 Å². The van der Waals surface area contributed by atoms with Crippen LogP contribution in [-0.2, 0) is 0 Å². The van der Waals surface area contributed by atoms with Crippen molar-refractivity contribution in [3.05, 3.63) is 155 Å². The first-order chi connectivity index (χ1) is 18.7. The van der Waals surface area contributed by atoms with Crippen molar-refractivity contribution in [3.63, 3.8) is 0 Å². The van der Waals surface area contributed by atoms with E-state index in [-0.39, 0.29) is 17.8 Å². The lowest BCUT2D eigenvalue weighted by Gasteiger charge is -2.37. The number of benzene rings is 4. The minimum absolute atomic E-state index is 0.249. The summed E-state index contributed by atoms with van der Waals surface area (Å²) in [6, 6.07) is 35.6. The first kappa shape index (κ1) is 27.4. The quantitative estimate of drug-likeness (QED) is 0.209. The summed E-state index contributed by atoms with van der Waals surface area (Å²) in [4.78, 5) is 13.2. The summed E-state index contributed by atoms with van der Waals surface area (Å²) in [5.74, 6) is -0.684. The zero-order valence-corrected chi connectivity index (χ0v) is 20.5. The van der Waals surface area contributed by atoms with Crippen LogP contribution in [0.5, 0.6) is 0 Å². The normalized spacial score (nSPS) is 14.9. The van der Waals surface area contributed by atoms with E-state index in [1.165, 1.54) is 24.3 Å². The molecule has 4 aromatic rings. The van der Waals surface area contributed by atoms with Crippen LogP contribution in [0.2, 0.25) is 0 Å².